The molecule has 0 aliphatic rings. The Bertz CT molecular complexity index is 1710. The summed E-state index contributed by atoms with van der Waals surface area (Å²) < 4.78 is 28.5. The maximum atomic E-state index is 13.4. The van der Waals surface area contributed by atoms with E-state index in [9.17, 15) is 19.2 Å². The largest absolute Gasteiger partial charge is 0.465 e. The lowest BCUT2D eigenvalue weighted by Gasteiger charge is -2.31. The molecule has 3 atom stereocenters. The SMILES string of the molecule is O=C(OCC(OC(=O)c1cccnc1)C(OC(=O)c1cccnc1)C(OC(=O)c1cccnc1)c1ccco1)c1cccnc1. The molecule has 13 heteroatoms. The molecule has 0 spiro atoms. The van der Waals surface area contributed by atoms with Gasteiger partial charge in [0.05, 0.1) is 28.5 Å². The number of carbonyl (C=O) groups excluding carboxylic acids is 4. The number of aromatic nitrogens is 4. The Kier molecular flexibility index (Phi) is 9.93. The monoisotopic (exact) mass is 608 g/mol. The Hall–Kier alpha value is -6.24. The quantitative estimate of drug-likeness (QED) is 0.147. The van der Waals surface area contributed by atoms with Crippen LogP contribution in [0.15, 0.2) is 121 Å². The van der Waals surface area contributed by atoms with E-state index < -0.39 is 48.8 Å². The standard InChI is InChI=1S/C32H24N4O9/c37-29(21-6-1-11-33-16-21)42-20-26(43-30(38)22-7-2-12-34-17-22)28(45-32(40)24-9-4-14-36-19-24)27(25-10-5-15-41-25)44-31(39)23-8-3-13-35-18-23/h1-19,26-28H,20H2. The molecular weight excluding hydrogens is 584 g/mol. The lowest BCUT2D eigenvalue weighted by molar-refractivity contribution is -0.107. The first-order chi connectivity index (χ1) is 22.0. The molecule has 0 saturated heterocycles. The minimum Gasteiger partial charge on any atom is -0.465 e. The minimum absolute atomic E-state index is 0.0391. The summed E-state index contributed by atoms with van der Waals surface area (Å²) in [5, 5.41) is 0. The number of rotatable bonds is 12. The maximum absolute atomic E-state index is 13.4. The highest BCUT2D eigenvalue weighted by molar-refractivity contribution is 5.91. The van der Waals surface area contributed by atoms with E-state index in [0.717, 1.165) is 0 Å². The van der Waals surface area contributed by atoms with Gasteiger partial charge in [0.1, 0.15) is 12.4 Å². The highest BCUT2D eigenvalue weighted by atomic mass is 16.6. The van der Waals surface area contributed by atoms with E-state index in [0.29, 0.717) is 0 Å². The first-order valence-corrected chi connectivity index (χ1v) is 13.4. The number of furan rings is 1. The van der Waals surface area contributed by atoms with Crippen LogP contribution in [0.4, 0.5) is 0 Å². The molecule has 3 unspecified atom stereocenters. The smallest absolute Gasteiger partial charge is 0.340 e. The van der Waals surface area contributed by atoms with E-state index in [1.807, 2.05) is 0 Å². The second kappa shape index (κ2) is 14.8. The first-order valence-electron chi connectivity index (χ1n) is 13.4. The summed E-state index contributed by atoms with van der Waals surface area (Å²) >= 11 is 0. The van der Waals surface area contributed by atoms with Gasteiger partial charge < -0.3 is 23.4 Å². The summed E-state index contributed by atoms with van der Waals surface area (Å²) in [5.41, 5.74) is 0.298. The Morgan fingerprint density at radius 1 is 0.578 bits per heavy atom. The van der Waals surface area contributed by atoms with Crippen molar-refractivity contribution < 1.29 is 42.5 Å². The molecule has 45 heavy (non-hydrogen) atoms. The Balaban J connectivity index is 1.54. The van der Waals surface area contributed by atoms with Crippen molar-refractivity contribution in [3.8, 4) is 0 Å². The molecule has 0 radical (unpaired) electrons. The van der Waals surface area contributed by atoms with Crippen molar-refractivity contribution in [2.45, 2.75) is 18.3 Å². The number of hydrogen-bond acceptors (Lipinski definition) is 13. The molecule has 13 nitrogen and oxygen atoms in total. The molecule has 0 N–H and O–H groups in total. The molecule has 0 amide bonds. The van der Waals surface area contributed by atoms with Crippen molar-refractivity contribution in [2.75, 3.05) is 6.61 Å². The molecule has 5 rings (SSSR count). The van der Waals surface area contributed by atoms with Crippen LogP contribution < -0.4 is 0 Å². The summed E-state index contributed by atoms with van der Waals surface area (Å²) in [5.74, 6) is -3.40. The molecule has 226 valence electrons. The van der Waals surface area contributed by atoms with Crippen molar-refractivity contribution in [3.05, 3.63) is 145 Å². The summed E-state index contributed by atoms with van der Waals surface area (Å²) in [6, 6.07) is 15.0. The molecule has 0 saturated carbocycles. The van der Waals surface area contributed by atoms with Gasteiger partial charge >= 0.3 is 23.9 Å². The van der Waals surface area contributed by atoms with Gasteiger partial charge in [0.15, 0.2) is 18.3 Å². The highest BCUT2D eigenvalue weighted by Gasteiger charge is 2.42. The van der Waals surface area contributed by atoms with Gasteiger partial charge in [0.25, 0.3) is 0 Å². The first kappa shape index (κ1) is 30.2. The van der Waals surface area contributed by atoms with E-state index in [1.165, 1.54) is 110 Å². The fraction of sp³-hybridized carbons (Fsp3) is 0.125. The molecule has 0 aromatic carbocycles. The van der Waals surface area contributed by atoms with Gasteiger partial charge in [-0.1, -0.05) is 0 Å². The average molecular weight is 609 g/mol. The van der Waals surface area contributed by atoms with Crippen LogP contribution in [0.5, 0.6) is 0 Å². The molecule has 5 aromatic rings. The Morgan fingerprint density at radius 2 is 1.04 bits per heavy atom. The zero-order chi connectivity index (χ0) is 31.4. The van der Waals surface area contributed by atoms with E-state index in [1.54, 1.807) is 6.07 Å². The number of ether oxygens (including phenoxy) is 4. The topological polar surface area (TPSA) is 170 Å². The Labute approximate surface area is 255 Å². The summed E-state index contributed by atoms with van der Waals surface area (Å²) in [6.07, 6.45) is 7.65. The molecule has 5 aromatic heterocycles. The van der Waals surface area contributed by atoms with Gasteiger partial charge in [-0.25, -0.2) is 19.2 Å². The van der Waals surface area contributed by atoms with Crippen LogP contribution in [0.3, 0.4) is 0 Å². The minimum atomic E-state index is -1.62. The van der Waals surface area contributed by atoms with E-state index in [4.69, 9.17) is 23.4 Å². The van der Waals surface area contributed by atoms with Gasteiger partial charge in [0, 0.05) is 49.6 Å². The third-order valence-corrected chi connectivity index (χ3v) is 6.19. The van der Waals surface area contributed by atoms with Crippen LogP contribution in [0, 0.1) is 0 Å². The lowest BCUT2D eigenvalue weighted by atomic mass is 10.0. The third-order valence-electron chi connectivity index (χ3n) is 6.19. The number of hydrogen-bond donors (Lipinski definition) is 0. The van der Waals surface area contributed by atoms with Crippen molar-refractivity contribution >= 4 is 23.9 Å². The van der Waals surface area contributed by atoms with E-state index in [-0.39, 0.29) is 28.0 Å². The summed E-state index contributed by atoms with van der Waals surface area (Å²) in [7, 11) is 0. The van der Waals surface area contributed by atoms with Gasteiger partial charge in [-0.05, 0) is 60.7 Å². The van der Waals surface area contributed by atoms with E-state index in [2.05, 4.69) is 19.9 Å². The zero-order valence-electron chi connectivity index (χ0n) is 23.4. The van der Waals surface area contributed by atoms with Gasteiger partial charge in [0.2, 0.25) is 0 Å². The molecule has 0 fully saturated rings. The molecule has 5 heterocycles. The number of pyridine rings is 4. The lowest BCUT2D eigenvalue weighted by Crippen LogP contribution is -2.44. The summed E-state index contributed by atoms with van der Waals surface area (Å²) in [4.78, 5) is 68.6. The molecular formula is C32H24N4O9. The average Bonchev–Trinajstić information content (AvgIpc) is 3.64. The van der Waals surface area contributed by atoms with Crippen molar-refractivity contribution in [2.24, 2.45) is 0 Å². The van der Waals surface area contributed by atoms with Crippen molar-refractivity contribution in [3.63, 3.8) is 0 Å². The second-order valence-corrected chi connectivity index (χ2v) is 9.22. The van der Waals surface area contributed by atoms with Crippen LogP contribution in [-0.4, -0.2) is 62.6 Å². The second-order valence-electron chi connectivity index (χ2n) is 9.22. The van der Waals surface area contributed by atoms with Crippen LogP contribution in [0.1, 0.15) is 53.3 Å². The van der Waals surface area contributed by atoms with Gasteiger partial charge in [-0.2, -0.15) is 0 Å². The van der Waals surface area contributed by atoms with Crippen LogP contribution >= 0.6 is 0 Å². The third kappa shape index (κ3) is 7.99. The number of esters is 4. The fourth-order valence-corrected chi connectivity index (χ4v) is 4.02. The Morgan fingerprint density at radius 3 is 1.49 bits per heavy atom. The summed E-state index contributed by atoms with van der Waals surface area (Å²) in [6.45, 7) is -0.633. The number of carbonyl (C=O) groups is 4. The highest BCUT2D eigenvalue weighted by Crippen LogP contribution is 2.30. The van der Waals surface area contributed by atoms with Crippen LogP contribution in [0.2, 0.25) is 0 Å². The normalized spacial score (nSPS) is 12.6. The zero-order valence-corrected chi connectivity index (χ0v) is 23.4. The number of nitrogens with zero attached hydrogens (tertiary/aromatic N) is 4. The van der Waals surface area contributed by atoms with Gasteiger partial charge in [-0.3, -0.25) is 19.9 Å². The predicted molar refractivity (Wildman–Crippen MR) is 153 cm³/mol. The van der Waals surface area contributed by atoms with Crippen LogP contribution in [0.25, 0.3) is 0 Å². The predicted octanol–water partition coefficient (Wildman–Crippen LogP) is 4.07. The maximum Gasteiger partial charge on any atom is 0.340 e. The van der Waals surface area contributed by atoms with Crippen molar-refractivity contribution in [1.29, 1.82) is 0 Å². The molecule has 0 bridgehead atoms. The van der Waals surface area contributed by atoms with Crippen molar-refractivity contribution in [1.82, 2.24) is 19.9 Å². The fourth-order valence-electron chi connectivity index (χ4n) is 4.02. The molecule has 0 aliphatic carbocycles. The van der Waals surface area contributed by atoms with Gasteiger partial charge in [-0.15, -0.1) is 0 Å². The molecule has 0 aliphatic heterocycles. The van der Waals surface area contributed by atoms with Crippen LogP contribution in [-0.2, 0) is 18.9 Å². The van der Waals surface area contributed by atoms with E-state index >= 15 is 0 Å².